The summed E-state index contributed by atoms with van der Waals surface area (Å²) in [6.45, 7) is 3.73. The average molecular weight is 324 g/mol. The molecule has 0 spiro atoms. The number of esters is 1. The van der Waals surface area contributed by atoms with E-state index in [1.807, 2.05) is 17.0 Å². The van der Waals surface area contributed by atoms with Gasteiger partial charge in [0.2, 0.25) is 0 Å². The lowest BCUT2D eigenvalue weighted by Crippen LogP contribution is -2.46. The maximum atomic E-state index is 11.3. The molecule has 1 aliphatic heterocycles. The number of rotatable bonds is 4. The summed E-state index contributed by atoms with van der Waals surface area (Å²) in [5.74, 6) is -0.250. The molecule has 0 unspecified atom stereocenters. The first-order valence-electron chi connectivity index (χ1n) is 6.67. The average Bonchev–Trinajstić information content (AvgIpc) is 3.19. The Bertz CT molecular complexity index is 591. The molecule has 1 fully saturated rings. The van der Waals surface area contributed by atoms with Crippen LogP contribution in [0, 0.1) is 0 Å². The number of ether oxygens (including phenoxy) is 1. The van der Waals surface area contributed by atoms with Crippen molar-refractivity contribution in [3.05, 3.63) is 22.7 Å². The monoisotopic (exact) mass is 324 g/mol. The molecule has 2 aromatic rings. The largest absolute Gasteiger partial charge is 0.469 e. The lowest BCUT2D eigenvalue weighted by Gasteiger charge is -2.34. The zero-order chi connectivity index (χ0) is 14.7. The summed E-state index contributed by atoms with van der Waals surface area (Å²) in [6, 6.07) is 0. The van der Waals surface area contributed by atoms with E-state index in [1.54, 1.807) is 22.7 Å². The van der Waals surface area contributed by atoms with Crippen molar-refractivity contribution in [2.24, 2.45) is 0 Å². The van der Waals surface area contributed by atoms with Crippen molar-refractivity contribution >= 4 is 38.9 Å². The number of anilines is 2. The molecule has 3 rings (SSSR count). The second-order valence-electron chi connectivity index (χ2n) is 4.66. The third-order valence-electron chi connectivity index (χ3n) is 3.33. The van der Waals surface area contributed by atoms with E-state index in [1.165, 1.54) is 7.11 Å². The smallest absolute Gasteiger partial charge is 0.311 e. The van der Waals surface area contributed by atoms with Gasteiger partial charge in [-0.15, -0.1) is 22.7 Å². The molecule has 0 N–H and O–H groups in total. The summed E-state index contributed by atoms with van der Waals surface area (Å²) in [5, 5.41) is 5.99. The van der Waals surface area contributed by atoms with Crippen molar-refractivity contribution in [3.8, 4) is 0 Å². The molecule has 0 aliphatic carbocycles. The Labute approximate surface area is 131 Å². The standard InChI is InChI=1S/C13H16N4O2S2/c1-19-11(18)8-10-9-21-13(15-10)17-5-3-16(4-6-17)12-14-2-7-20-12/h2,7,9H,3-6,8H2,1H3. The highest BCUT2D eigenvalue weighted by Crippen LogP contribution is 2.24. The molecular formula is C13H16N4O2S2. The Morgan fingerprint density at radius 1 is 1.24 bits per heavy atom. The normalized spacial score (nSPS) is 15.3. The van der Waals surface area contributed by atoms with Crippen molar-refractivity contribution in [2.45, 2.75) is 6.42 Å². The van der Waals surface area contributed by atoms with Gasteiger partial charge in [-0.05, 0) is 0 Å². The molecule has 1 saturated heterocycles. The molecule has 0 bridgehead atoms. The van der Waals surface area contributed by atoms with Gasteiger partial charge in [-0.25, -0.2) is 9.97 Å². The first-order chi connectivity index (χ1) is 10.3. The fourth-order valence-corrected chi connectivity index (χ4v) is 3.78. The molecular weight excluding hydrogens is 308 g/mol. The first kappa shape index (κ1) is 14.3. The number of thiazole rings is 2. The van der Waals surface area contributed by atoms with E-state index in [4.69, 9.17) is 0 Å². The minimum Gasteiger partial charge on any atom is -0.469 e. The molecule has 2 aromatic heterocycles. The number of nitrogens with zero attached hydrogens (tertiary/aromatic N) is 4. The van der Waals surface area contributed by atoms with Crippen LogP contribution in [-0.4, -0.2) is 49.2 Å². The highest BCUT2D eigenvalue weighted by molar-refractivity contribution is 7.14. The van der Waals surface area contributed by atoms with E-state index < -0.39 is 0 Å². The van der Waals surface area contributed by atoms with E-state index in [9.17, 15) is 4.79 Å². The highest BCUT2D eigenvalue weighted by Gasteiger charge is 2.21. The Kier molecular flexibility index (Phi) is 4.35. The molecule has 8 heteroatoms. The summed E-state index contributed by atoms with van der Waals surface area (Å²) in [5.41, 5.74) is 0.782. The van der Waals surface area contributed by atoms with Crippen LogP contribution >= 0.6 is 22.7 Å². The zero-order valence-corrected chi connectivity index (χ0v) is 13.3. The molecule has 0 amide bonds. The second kappa shape index (κ2) is 6.40. The van der Waals surface area contributed by atoms with Crippen LogP contribution in [0.2, 0.25) is 0 Å². The molecule has 0 aromatic carbocycles. The highest BCUT2D eigenvalue weighted by atomic mass is 32.1. The zero-order valence-electron chi connectivity index (χ0n) is 11.7. The predicted octanol–water partition coefficient (Wildman–Crippen LogP) is 1.64. The second-order valence-corrected chi connectivity index (χ2v) is 6.37. The van der Waals surface area contributed by atoms with Gasteiger partial charge in [-0.3, -0.25) is 4.79 Å². The van der Waals surface area contributed by atoms with Crippen LogP contribution in [0.1, 0.15) is 5.69 Å². The van der Waals surface area contributed by atoms with Gasteiger partial charge in [-0.2, -0.15) is 0 Å². The van der Waals surface area contributed by atoms with Gasteiger partial charge in [0.15, 0.2) is 10.3 Å². The van der Waals surface area contributed by atoms with Crippen molar-refractivity contribution < 1.29 is 9.53 Å². The summed E-state index contributed by atoms with van der Waals surface area (Å²) in [4.78, 5) is 24.7. The molecule has 0 radical (unpaired) electrons. The SMILES string of the molecule is COC(=O)Cc1csc(N2CCN(c3nccs3)CC2)n1. The molecule has 112 valence electrons. The third-order valence-corrected chi connectivity index (χ3v) is 5.12. The third kappa shape index (κ3) is 3.33. The summed E-state index contributed by atoms with van der Waals surface area (Å²) >= 11 is 3.25. The minimum absolute atomic E-state index is 0.242. The van der Waals surface area contributed by atoms with E-state index in [-0.39, 0.29) is 12.4 Å². The van der Waals surface area contributed by atoms with Gasteiger partial charge in [0.25, 0.3) is 0 Å². The fraction of sp³-hybridized carbons (Fsp3) is 0.462. The van der Waals surface area contributed by atoms with Crippen LogP contribution in [0.3, 0.4) is 0 Å². The first-order valence-corrected chi connectivity index (χ1v) is 8.43. The van der Waals surface area contributed by atoms with Crippen LogP contribution in [0.15, 0.2) is 17.0 Å². The van der Waals surface area contributed by atoms with Gasteiger partial charge < -0.3 is 14.5 Å². The van der Waals surface area contributed by atoms with E-state index >= 15 is 0 Å². The quantitative estimate of drug-likeness (QED) is 0.797. The van der Waals surface area contributed by atoms with Crippen LogP contribution in [0.25, 0.3) is 0 Å². The van der Waals surface area contributed by atoms with Crippen molar-refractivity contribution in [2.75, 3.05) is 43.1 Å². The van der Waals surface area contributed by atoms with Gasteiger partial charge in [0.1, 0.15) is 0 Å². The molecule has 0 saturated carbocycles. The van der Waals surface area contributed by atoms with Gasteiger partial charge in [-0.1, -0.05) is 0 Å². The Morgan fingerprint density at radius 3 is 2.57 bits per heavy atom. The van der Waals surface area contributed by atoms with Crippen LogP contribution < -0.4 is 9.80 Å². The number of carbonyl (C=O) groups is 1. The molecule has 3 heterocycles. The maximum Gasteiger partial charge on any atom is 0.311 e. The van der Waals surface area contributed by atoms with Gasteiger partial charge in [0.05, 0.1) is 19.2 Å². The van der Waals surface area contributed by atoms with Gasteiger partial charge >= 0.3 is 5.97 Å². The number of carbonyl (C=O) groups excluding carboxylic acids is 1. The number of methoxy groups -OCH3 is 1. The molecule has 1 aliphatic rings. The van der Waals surface area contributed by atoms with E-state index in [0.717, 1.165) is 42.1 Å². The van der Waals surface area contributed by atoms with E-state index in [2.05, 4.69) is 24.5 Å². The number of hydrogen-bond donors (Lipinski definition) is 0. The Hall–Kier alpha value is -1.67. The number of aromatic nitrogens is 2. The summed E-state index contributed by atoms with van der Waals surface area (Å²) < 4.78 is 4.66. The van der Waals surface area contributed by atoms with E-state index in [0.29, 0.717) is 0 Å². The number of piperazine rings is 1. The topological polar surface area (TPSA) is 58.6 Å². The summed E-state index contributed by atoms with van der Waals surface area (Å²) in [6.07, 6.45) is 2.08. The lowest BCUT2D eigenvalue weighted by atomic mass is 10.3. The Balaban J connectivity index is 1.58. The minimum atomic E-state index is -0.250. The van der Waals surface area contributed by atoms with Gasteiger partial charge in [0, 0.05) is 43.1 Å². The number of hydrogen-bond acceptors (Lipinski definition) is 8. The molecule has 6 nitrogen and oxygen atoms in total. The van der Waals surface area contributed by atoms with Crippen LogP contribution in [0.4, 0.5) is 10.3 Å². The summed E-state index contributed by atoms with van der Waals surface area (Å²) in [7, 11) is 1.40. The lowest BCUT2D eigenvalue weighted by molar-refractivity contribution is -0.139. The van der Waals surface area contributed by atoms with Crippen molar-refractivity contribution in [1.29, 1.82) is 0 Å². The molecule has 0 atom stereocenters. The molecule has 21 heavy (non-hydrogen) atoms. The van der Waals surface area contributed by atoms with Crippen molar-refractivity contribution in [3.63, 3.8) is 0 Å². The van der Waals surface area contributed by atoms with Crippen LogP contribution in [-0.2, 0) is 16.0 Å². The van der Waals surface area contributed by atoms with Crippen LogP contribution in [0.5, 0.6) is 0 Å². The Morgan fingerprint density at radius 2 is 1.95 bits per heavy atom. The van der Waals surface area contributed by atoms with Crippen molar-refractivity contribution in [1.82, 2.24) is 9.97 Å². The fourth-order valence-electron chi connectivity index (χ4n) is 2.20. The maximum absolute atomic E-state index is 11.3. The predicted molar refractivity (Wildman–Crippen MR) is 84.4 cm³/mol.